The zero-order valence-corrected chi connectivity index (χ0v) is 7.82. The maximum Gasteiger partial charge on any atom is 0.323 e. The van der Waals surface area contributed by atoms with Crippen LogP contribution < -0.4 is 0 Å². The normalized spacial score (nSPS) is 22.6. The summed E-state index contributed by atoms with van der Waals surface area (Å²) >= 11 is 0. The lowest BCUT2D eigenvalue weighted by atomic mass is 10.2. The first-order valence-corrected chi connectivity index (χ1v) is 4.48. The minimum Gasteiger partial charge on any atom is -0.468 e. The Bertz CT molecular complexity index is 222. The topological polar surface area (TPSA) is 53.3 Å². The van der Waals surface area contributed by atoms with Gasteiger partial charge in [-0.1, -0.05) is 0 Å². The molecule has 1 rings (SSSR count). The summed E-state index contributed by atoms with van der Waals surface area (Å²) in [6.07, 6.45) is 2.36. The van der Waals surface area contributed by atoms with E-state index in [2.05, 4.69) is 10.8 Å². The van der Waals surface area contributed by atoms with Gasteiger partial charge in [0.15, 0.2) is 0 Å². The molecule has 0 aromatic rings. The number of nitriles is 1. The van der Waals surface area contributed by atoms with Crippen molar-refractivity contribution in [1.82, 2.24) is 4.90 Å². The number of ether oxygens (including phenoxy) is 1. The fourth-order valence-electron chi connectivity index (χ4n) is 1.69. The zero-order chi connectivity index (χ0) is 9.68. The largest absolute Gasteiger partial charge is 0.468 e. The molecule has 1 atom stereocenters. The number of nitrogens with zero attached hydrogens (tertiary/aromatic N) is 2. The summed E-state index contributed by atoms with van der Waals surface area (Å²) < 4.78 is 4.68. The second kappa shape index (κ2) is 4.83. The van der Waals surface area contributed by atoms with E-state index < -0.39 is 0 Å². The zero-order valence-electron chi connectivity index (χ0n) is 7.82. The molecule has 0 aliphatic carbocycles. The molecule has 0 bridgehead atoms. The van der Waals surface area contributed by atoms with E-state index in [0.29, 0.717) is 13.0 Å². The molecule has 0 radical (unpaired) electrons. The van der Waals surface area contributed by atoms with Crippen LogP contribution >= 0.6 is 0 Å². The summed E-state index contributed by atoms with van der Waals surface area (Å²) in [6, 6.07) is 1.97. The molecule has 0 amide bonds. The van der Waals surface area contributed by atoms with E-state index in [4.69, 9.17) is 5.26 Å². The lowest BCUT2D eigenvalue weighted by molar-refractivity contribution is -0.145. The van der Waals surface area contributed by atoms with Gasteiger partial charge in [-0.05, 0) is 19.4 Å². The number of methoxy groups -OCH3 is 1. The molecule has 0 spiro atoms. The standard InChI is InChI=1S/C9H14N2O2/c1-13-9(12)8-4-2-6-11(8)7-3-5-10/h8H,2-4,6-7H2,1H3/t8-/m1/s1. The molecule has 1 aliphatic heterocycles. The van der Waals surface area contributed by atoms with Gasteiger partial charge in [-0.3, -0.25) is 9.69 Å². The third-order valence-electron chi connectivity index (χ3n) is 2.35. The van der Waals surface area contributed by atoms with Gasteiger partial charge in [-0.15, -0.1) is 0 Å². The molecule has 1 saturated heterocycles. The van der Waals surface area contributed by atoms with E-state index in [1.54, 1.807) is 0 Å². The molecule has 1 fully saturated rings. The minimum atomic E-state index is -0.171. The van der Waals surface area contributed by atoms with Crippen molar-refractivity contribution < 1.29 is 9.53 Å². The van der Waals surface area contributed by atoms with E-state index in [1.807, 2.05) is 4.90 Å². The maximum absolute atomic E-state index is 11.2. The van der Waals surface area contributed by atoms with Gasteiger partial charge in [0.1, 0.15) is 6.04 Å². The van der Waals surface area contributed by atoms with Crippen LogP contribution in [0.25, 0.3) is 0 Å². The van der Waals surface area contributed by atoms with Crippen molar-refractivity contribution >= 4 is 5.97 Å². The molecular weight excluding hydrogens is 168 g/mol. The molecule has 0 aromatic heterocycles. The van der Waals surface area contributed by atoms with Crippen molar-refractivity contribution in [3.8, 4) is 6.07 Å². The summed E-state index contributed by atoms with van der Waals surface area (Å²) in [5.74, 6) is -0.171. The molecule has 1 aliphatic rings. The highest BCUT2D eigenvalue weighted by Gasteiger charge is 2.30. The first-order chi connectivity index (χ1) is 6.29. The third-order valence-corrected chi connectivity index (χ3v) is 2.35. The Morgan fingerprint density at radius 2 is 2.54 bits per heavy atom. The second-order valence-corrected chi connectivity index (χ2v) is 3.13. The van der Waals surface area contributed by atoms with Crippen LogP contribution in [0.15, 0.2) is 0 Å². The highest BCUT2D eigenvalue weighted by Crippen LogP contribution is 2.18. The smallest absolute Gasteiger partial charge is 0.323 e. The first kappa shape index (κ1) is 10.0. The van der Waals surface area contributed by atoms with E-state index in [1.165, 1.54) is 7.11 Å². The molecule has 13 heavy (non-hydrogen) atoms. The Morgan fingerprint density at radius 1 is 1.77 bits per heavy atom. The van der Waals surface area contributed by atoms with Crippen LogP contribution in [0.1, 0.15) is 19.3 Å². The van der Waals surface area contributed by atoms with Crippen molar-refractivity contribution in [3.05, 3.63) is 0 Å². The molecule has 0 saturated carbocycles. The Labute approximate surface area is 78.1 Å². The fourth-order valence-corrected chi connectivity index (χ4v) is 1.69. The fraction of sp³-hybridized carbons (Fsp3) is 0.778. The highest BCUT2D eigenvalue weighted by molar-refractivity contribution is 5.75. The van der Waals surface area contributed by atoms with Crippen LogP contribution in [0.5, 0.6) is 0 Å². The van der Waals surface area contributed by atoms with Gasteiger partial charge < -0.3 is 4.74 Å². The summed E-state index contributed by atoms with van der Waals surface area (Å²) in [5.41, 5.74) is 0. The van der Waals surface area contributed by atoms with E-state index >= 15 is 0 Å². The van der Waals surface area contributed by atoms with Gasteiger partial charge in [-0.25, -0.2) is 0 Å². The average Bonchev–Trinajstić information content (AvgIpc) is 2.61. The number of hydrogen-bond donors (Lipinski definition) is 0. The van der Waals surface area contributed by atoms with Crippen molar-refractivity contribution in [2.75, 3.05) is 20.2 Å². The molecule has 4 nitrogen and oxygen atoms in total. The Kier molecular flexibility index (Phi) is 3.71. The second-order valence-electron chi connectivity index (χ2n) is 3.13. The van der Waals surface area contributed by atoms with Crippen LogP contribution in [-0.2, 0) is 9.53 Å². The Hall–Kier alpha value is -1.08. The van der Waals surface area contributed by atoms with E-state index in [0.717, 1.165) is 19.4 Å². The van der Waals surface area contributed by atoms with Gasteiger partial charge in [0.05, 0.1) is 13.2 Å². The van der Waals surface area contributed by atoms with E-state index in [9.17, 15) is 4.79 Å². The molecule has 72 valence electrons. The lowest BCUT2D eigenvalue weighted by Gasteiger charge is -2.20. The number of likely N-dealkylation sites (tertiary alicyclic amines) is 1. The Balaban J connectivity index is 2.44. The van der Waals surface area contributed by atoms with Crippen LogP contribution in [-0.4, -0.2) is 37.1 Å². The van der Waals surface area contributed by atoms with Crippen molar-refractivity contribution in [1.29, 1.82) is 5.26 Å². The van der Waals surface area contributed by atoms with Crippen LogP contribution in [0.4, 0.5) is 0 Å². The Morgan fingerprint density at radius 3 is 3.15 bits per heavy atom. The molecule has 0 unspecified atom stereocenters. The molecular formula is C9H14N2O2. The van der Waals surface area contributed by atoms with Crippen LogP contribution in [0, 0.1) is 11.3 Å². The number of carbonyl (C=O) groups is 1. The average molecular weight is 182 g/mol. The summed E-state index contributed by atoms with van der Waals surface area (Å²) in [5, 5.41) is 8.42. The number of rotatable bonds is 3. The van der Waals surface area contributed by atoms with E-state index in [-0.39, 0.29) is 12.0 Å². The quantitative estimate of drug-likeness (QED) is 0.598. The van der Waals surface area contributed by atoms with Crippen LogP contribution in [0.3, 0.4) is 0 Å². The van der Waals surface area contributed by atoms with Gasteiger partial charge in [0.2, 0.25) is 0 Å². The van der Waals surface area contributed by atoms with Crippen molar-refractivity contribution in [2.45, 2.75) is 25.3 Å². The SMILES string of the molecule is COC(=O)[C@H]1CCCN1CCC#N. The summed E-state index contributed by atoms with van der Waals surface area (Å²) in [6.45, 7) is 1.58. The summed E-state index contributed by atoms with van der Waals surface area (Å²) in [4.78, 5) is 13.3. The monoisotopic (exact) mass is 182 g/mol. The van der Waals surface area contributed by atoms with Crippen LogP contribution in [0.2, 0.25) is 0 Å². The number of hydrogen-bond acceptors (Lipinski definition) is 4. The van der Waals surface area contributed by atoms with Crippen molar-refractivity contribution in [3.63, 3.8) is 0 Å². The molecule has 1 heterocycles. The number of esters is 1. The van der Waals surface area contributed by atoms with Gasteiger partial charge in [-0.2, -0.15) is 5.26 Å². The van der Waals surface area contributed by atoms with Crippen molar-refractivity contribution in [2.24, 2.45) is 0 Å². The van der Waals surface area contributed by atoms with Gasteiger partial charge >= 0.3 is 5.97 Å². The molecule has 0 aromatic carbocycles. The maximum atomic E-state index is 11.2. The summed E-state index contributed by atoms with van der Waals surface area (Å²) in [7, 11) is 1.41. The molecule has 0 N–H and O–H groups in total. The third kappa shape index (κ3) is 2.43. The van der Waals surface area contributed by atoms with Gasteiger partial charge in [0, 0.05) is 13.0 Å². The minimum absolute atomic E-state index is 0.113. The predicted octanol–water partition coefficient (Wildman–Crippen LogP) is 0.537. The van der Waals surface area contributed by atoms with Gasteiger partial charge in [0.25, 0.3) is 0 Å². The first-order valence-electron chi connectivity index (χ1n) is 4.48. The lowest BCUT2D eigenvalue weighted by Crippen LogP contribution is -2.37. The molecule has 4 heteroatoms. The highest BCUT2D eigenvalue weighted by atomic mass is 16.5. The predicted molar refractivity (Wildman–Crippen MR) is 46.8 cm³/mol. The number of carbonyl (C=O) groups excluding carboxylic acids is 1.